The van der Waals surface area contributed by atoms with Gasteiger partial charge in [0.2, 0.25) is 6.79 Å². The molecule has 3 rings (SSSR count). The van der Waals surface area contributed by atoms with Gasteiger partial charge in [-0.05, 0) is 30.3 Å². The van der Waals surface area contributed by atoms with Crippen LogP contribution in [0.1, 0.15) is 20.7 Å². The monoisotopic (exact) mass is 352 g/mol. The van der Waals surface area contributed by atoms with E-state index in [1.54, 1.807) is 24.3 Å². The summed E-state index contributed by atoms with van der Waals surface area (Å²) in [6.07, 6.45) is 0. The lowest BCUT2D eigenvalue weighted by Crippen LogP contribution is -2.15. The fourth-order valence-corrected chi connectivity index (χ4v) is 2.60. The smallest absolute Gasteiger partial charge is 0.341 e. The van der Waals surface area contributed by atoms with Gasteiger partial charge in [0.15, 0.2) is 23.9 Å². The summed E-state index contributed by atoms with van der Waals surface area (Å²) in [5.41, 5.74) is 0.390. The minimum Gasteiger partial charge on any atom is -0.454 e. The third-order valence-electron chi connectivity index (χ3n) is 3.20. The Balaban J connectivity index is 1.68. The molecule has 0 unspecified atom stereocenters. The van der Waals surface area contributed by atoms with Crippen LogP contribution in [-0.4, -0.2) is 25.2 Å². The van der Waals surface area contributed by atoms with Crippen molar-refractivity contribution in [3.8, 4) is 11.5 Å². The van der Waals surface area contributed by atoms with E-state index in [2.05, 4.69) is 0 Å². The van der Waals surface area contributed by atoms with E-state index in [-0.39, 0.29) is 28.2 Å². The zero-order valence-corrected chi connectivity index (χ0v) is 13.2. The Labute approximate surface area is 141 Å². The van der Waals surface area contributed by atoms with Crippen molar-refractivity contribution in [2.75, 3.05) is 13.4 Å². The number of halogens is 2. The summed E-state index contributed by atoms with van der Waals surface area (Å²) in [6.45, 7) is -0.313. The molecule has 0 aromatic heterocycles. The van der Waals surface area contributed by atoms with Crippen LogP contribution in [0.2, 0.25) is 10.0 Å². The first-order chi connectivity index (χ1) is 11.1. The maximum atomic E-state index is 12.1. The molecule has 0 bridgehead atoms. The number of carbonyl (C=O) groups is 2. The Hall–Kier alpha value is -2.24. The van der Waals surface area contributed by atoms with E-state index in [1.807, 2.05) is 0 Å². The molecule has 0 aliphatic carbocycles. The number of esters is 1. The van der Waals surface area contributed by atoms with Gasteiger partial charge in [-0.2, -0.15) is 0 Å². The maximum Gasteiger partial charge on any atom is 0.341 e. The Morgan fingerprint density at radius 3 is 2.48 bits per heavy atom. The lowest BCUT2D eigenvalue weighted by Gasteiger charge is -2.07. The number of rotatable bonds is 4. The fraction of sp³-hybridized carbons (Fsp3) is 0.125. The molecule has 2 aromatic rings. The summed E-state index contributed by atoms with van der Waals surface area (Å²) in [5, 5.41) is 0.330. The van der Waals surface area contributed by atoms with Crippen LogP contribution in [0.3, 0.4) is 0 Å². The van der Waals surface area contributed by atoms with Crippen molar-refractivity contribution in [2.24, 2.45) is 0 Å². The molecule has 0 saturated heterocycles. The number of ketones is 1. The number of benzene rings is 2. The Morgan fingerprint density at radius 2 is 1.74 bits per heavy atom. The van der Waals surface area contributed by atoms with Crippen molar-refractivity contribution in [2.45, 2.75) is 0 Å². The van der Waals surface area contributed by atoms with E-state index in [0.29, 0.717) is 17.1 Å². The molecule has 0 N–H and O–H groups in total. The van der Waals surface area contributed by atoms with E-state index in [1.165, 1.54) is 12.1 Å². The predicted octanol–water partition coefficient (Wildman–Crippen LogP) is 3.76. The average Bonchev–Trinajstić information content (AvgIpc) is 3.00. The molecule has 0 amide bonds. The second-order valence-corrected chi connectivity index (χ2v) is 5.48. The van der Waals surface area contributed by atoms with Crippen LogP contribution in [0.15, 0.2) is 36.4 Å². The second kappa shape index (κ2) is 6.48. The molecular formula is C16H10Cl2O5. The van der Waals surface area contributed by atoms with Crippen molar-refractivity contribution in [3.63, 3.8) is 0 Å². The van der Waals surface area contributed by atoms with Crippen molar-refractivity contribution in [1.82, 2.24) is 0 Å². The van der Waals surface area contributed by atoms with Gasteiger partial charge >= 0.3 is 5.97 Å². The third kappa shape index (κ3) is 3.25. The molecule has 23 heavy (non-hydrogen) atoms. The molecule has 0 atom stereocenters. The fourth-order valence-electron chi connectivity index (χ4n) is 2.05. The highest BCUT2D eigenvalue weighted by Crippen LogP contribution is 2.32. The van der Waals surface area contributed by atoms with E-state index < -0.39 is 12.6 Å². The standard InChI is InChI=1S/C16H10Cl2O5/c17-10-2-1-3-11(18)15(10)16(20)21-7-12(19)9-4-5-13-14(6-9)23-8-22-13/h1-6H,7-8H2. The predicted molar refractivity (Wildman–Crippen MR) is 83.6 cm³/mol. The average molecular weight is 353 g/mol. The number of carbonyl (C=O) groups excluding carboxylic acids is 2. The van der Waals surface area contributed by atoms with Gasteiger partial charge < -0.3 is 14.2 Å². The summed E-state index contributed by atoms with van der Waals surface area (Å²) in [5.74, 6) is -0.0766. The summed E-state index contributed by atoms with van der Waals surface area (Å²) >= 11 is 11.8. The molecular weight excluding hydrogens is 343 g/mol. The lowest BCUT2D eigenvalue weighted by molar-refractivity contribution is 0.0475. The zero-order valence-electron chi connectivity index (χ0n) is 11.7. The van der Waals surface area contributed by atoms with E-state index in [4.69, 9.17) is 37.4 Å². The topological polar surface area (TPSA) is 61.8 Å². The summed E-state index contributed by atoms with van der Waals surface area (Å²) in [6, 6.07) is 9.39. The lowest BCUT2D eigenvalue weighted by atomic mass is 10.1. The van der Waals surface area contributed by atoms with Crippen molar-refractivity contribution < 1.29 is 23.8 Å². The highest BCUT2D eigenvalue weighted by molar-refractivity contribution is 6.39. The van der Waals surface area contributed by atoms with Crippen LogP contribution in [0.25, 0.3) is 0 Å². The van der Waals surface area contributed by atoms with Gasteiger partial charge in [0.25, 0.3) is 0 Å². The second-order valence-electron chi connectivity index (χ2n) is 4.66. The van der Waals surface area contributed by atoms with E-state index in [0.717, 1.165) is 0 Å². The van der Waals surface area contributed by atoms with Gasteiger partial charge in [-0.1, -0.05) is 29.3 Å². The minimum atomic E-state index is -0.755. The Morgan fingerprint density at radius 1 is 1.04 bits per heavy atom. The Kier molecular flexibility index (Phi) is 4.41. The highest BCUT2D eigenvalue weighted by Gasteiger charge is 2.20. The molecule has 0 spiro atoms. The molecule has 0 radical (unpaired) electrons. The van der Waals surface area contributed by atoms with Gasteiger partial charge in [-0.3, -0.25) is 4.79 Å². The number of fused-ring (bicyclic) bond motifs is 1. The molecule has 7 heteroatoms. The van der Waals surface area contributed by atoms with E-state index in [9.17, 15) is 9.59 Å². The normalized spacial score (nSPS) is 12.1. The van der Waals surface area contributed by atoms with Gasteiger partial charge in [-0.25, -0.2) is 4.79 Å². The van der Waals surface area contributed by atoms with Crippen LogP contribution < -0.4 is 9.47 Å². The largest absolute Gasteiger partial charge is 0.454 e. The van der Waals surface area contributed by atoms with Crippen LogP contribution in [0, 0.1) is 0 Å². The molecule has 0 saturated carbocycles. The van der Waals surface area contributed by atoms with Crippen molar-refractivity contribution >= 4 is 35.0 Å². The Bertz CT molecular complexity index is 768. The SMILES string of the molecule is O=C(COC(=O)c1c(Cl)cccc1Cl)c1ccc2c(c1)OCO2. The maximum absolute atomic E-state index is 12.1. The number of hydrogen-bond donors (Lipinski definition) is 0. The summed E-state index contributed by atoms with van der Waals surface area (Å²) in [7, 11) is 0. The molecule has 118 valence electrons. The van der Waals surface area contributed by atoms with Crippen LogP contribution >= 0.6 is 23.2 Å². The zero-order chi connectivity index (χ0) is 16.4. The number of hydrogen-bond acceptors (Lipinski definition) is 5. The molecule has 5 nitrogen and oxygen atoms in total. The molecule has 0 fully saturated rings. The van der Waals surface area contributed by atoms with Crippen LogP contribution in [0.4, 0.5) is 0 Å². The first-order valence-electron chi connectivity index (χ1n) is 6.60. The summed E-state index contributed by atoms with van der Waals surface area (Å²) in [4.78, 5) is 24.1. The summed E-state index contributed by atoms with van der Waals surface area (Å²) < 4.78 is 15.4. The number of Topliss-reactive ketones (excluding diaryl/α,β-unsaturated/α-hetero) is 1. The molecule has 1 aliphatic heterocycles. The quantitative estimate of drug-likeness (QED) is 0.619. The first-order valence-corrected chi connectivity index (χ1v) is 7.36. The molecule has 1 aliphatic rings. The van der Waals surface area contributed by atoms with Crippen LogP contribution in [-0.2, 0) is 4.74 Å². The van der Waals surface area contributed by atoms with Gasteiger partial charge in [0, 0.05) is 5.56 Å². The van der Waals surface area contributed by atoms with E-state index >= 15 is 0 Å². The van der Waals surface area contributed by atoms with Crippen LogP contribution in [0.5, 0.6) is 11.5 Å². The number of ether oxygens (including phenoxy) is 3. The molecule has 2 aromatic carbocycles. The third-order valence-corrected chi connectivity index (χ3v) is 3.83. The minimum absolute atomic E-state index is 0.0364. The van der Waals surface area contributed by atoms with Crippen molar-refractivity contribution in [1.29, 1.82) is 0 Å². The first kappa shape index (κ1) is 15.6. The van der Waals surface area contributed by atoms with Gasteiger partial charge in [0.1, 0.15) is 0 Å². The van der Waals surface area contributed by atoms with Crippen molar-refractivity contribution in [3.05, 3.63) is 57.6 Å². The molecule has 1 heterocycles. The van der Waals surface area contributed by atoms with Gasteiger partial charge in [-0.15, -0.1) is 0 Å². The highest BCUT2D eigenvalue weighted by atomic mass is 35.5. The van der Waals surface area contributed by atoms with Gasteiger partial charge in [0.05, 0.1) is 15.6 Å².